The van der Waals surface area contributed by atoms with E-state index in [-0.39, 0.29) is 22.3 Å². The van der Waals surface area contributed by atoms with Crippen molar-refractivity contribution in [2.75, 3.05) is 23.0 Å². The molecule has 132 valence electrons. The molecule has 0 unspecified atom stereocenters. The Labute approximate surface area is 150 Å². The number of anilines is 3. The molecule has 3 rings (SSSR count). The third-order valence-electron chi connectivity index (χ3n) is 3.79. The number of nitrogens with one attached hydrogen (secondary N) is 1. The van der Waals surface area contributed by atoms with E-state index in [4.69, 9.17) is 4.74 Å². The van der Waals surface area contributed by atoms with Crippen molar-refractivity contribution in [2.45, 2.75) is 6.42 Å². The van der Waals surface area contributed by atoms with Crippen LogP contribution in [0.5, 0.6) is 5.75 Å². The first-order valence-electron chi connectivity index (χ1n) is 7.07. The van der Waals surface area contributed by atoms with Crippen LogP contribution in [0, 0.1) is 10.4 Å². The van der Waals surface area contributed by atoms with Gasteiger partial charge in [0, 0.05) is 22.1 Å². The van der Waals surface area contributed by atoms with Crippen molar-refractivity contribution in [3.63, 3.8) is 0 Å². The lowest BCUT2D eigenvalue weighted by Crippen LogP contribution is -2.23. The molecule has 0 fully saturated rings. The van der Waals surface area contributed by atoms with Gasteiger partial charge in [0.25, 0.3) is 0 Å². The fourth-order valence-electron chi connectivity index (χ4n) is 2.53. The van der Waals surface area contributed by atoms with E-state index in [9.17, 15) is 20.8 Å². The maximum absolute atomic E-state index is 10.8. The van der Waals surface area contributed by atoms with Gasteiger partial charge >= 0.3 is 0 Å². The molecule has 0 saturated heterocycles. The van der Waals surface area contributed by atoms with Gasteiger partial charge in [-0.3, -0.25) is 15.8 Å². The number of fused-ring (bicyclic) bond motifs is 1. The molecular formula is C15H13BrN4O5-2. The Balaban J connectivity index is 1.90. The quantitative estimate of drug-likeness (QED) is 0.643. The Kier molecular flexibility index (Phi) is 4.79. The second kappa shape index (κ2) is 6.86. The number of halogens is 1. The van der Waals surface area contributed by atoms with Crippen LogP contribution < -0.4 is 20.6 Å². The molecular weight excluding hydrogens is 396 g/mol. The zero-order valence-electron chi connectivity index (χ0n) is 12.9. The lowest BCUT2D eigenvalue weighted by Gasteiger charge is -2.38. The van der Waals surface area contributed by atoms with Crippen molar-refractivity contribution in [3.8, 4) is 5.75 Å². The highest BCUT2D eigenvalue weighted by atomic mass is 79.9. The molecule has 0 saturated carbocycles. The van der Waals surface area contributed by atoms with Crippen LogP contribution in [0.2, 0.25) is 0 Å². The minimum absolute atomic E-state index is 0.193. The van der Waals surface area contributed by atoms with Gasteiger partial charge in [0.2, 0.25) is 0 Å². The number of nitrogens with zero attached hydrogens (tertiary/aromatic N) is 3. The predicted molar refractivity (Wildman–Crippen MR) is 96.3 cm³/mol. The lowest BCUT2D eigenvalue weighted by molar-refractivity contribution is 0.0295. The van der Waals surface area contributed by atoms with Crippen LogP contribution in [0.1, 0.15) is 11.1 Å². The van der Waals surface area contributed by atoms with E-state index < -0.39 is 5.23 Å². The van der Waals surface area contributed by atoms with Crippen LogP contribution in [0.4, 0.5) is 17.1 Å². The summed E-state index contributed by atoms with van der Waals surface area (Å²) in [6, 6.07) is 7.31. The van der Waals surface area contributed by atoms with Gasteiger partial charge in [-0.05, 0) is 35.9 Å². The highest BCUT2D eigenvalue weighted by Crippen LogP contribution is 2.38. The van der Waals surface area contributed by atoms with E-state index in [1.807, 2.05) is 12.1 Å². The molecule has 0 bridgehead atoms. The number of rotatable bonds is 5. The highest BCUT2D eigenvalue weighted by molar-refractivity contribution is 9.10. The Morgan fingerprint density at radius 3 is 2.64 bits per heavy atom. The van der Waals surface area contributed by atoms with Crippen molar-refractivity contribution in [1.29, 1.82) is 0 Å². The SMILES string of the molecule is COc1ccc(Br)c2c1C(=NNc1ccc(N([O-])[O-])cc1N(O)O)C2. The van der Waals surface area contributed by atoms with Crippen LogP contribution in [-0.2, 0) is 6.42 Å². The third-order valence-corrected chi connectivity index (χ3v) is 4.53. The molecule has 1 aliphatic carbocycles. The normalized spacial score (nSPS) is 13.9. The molecule has 3 N–H and O–H groups in total. The predicted octanol–water partition coefficient (Wildman–Crippen LogP) is 3.22. The van der Waals surface area contributed by atoms with Gasteiger partial charge in [-0.15, -0.1) is 5.23 Å². The summed E-state index contributed by atoms with van der Waals surface area (Å²) >= 11 is 3.47. The third kappa shape index (κ3) is 3.25. The summed E-state index contributed by atoms with van der Waals surface area (Å²) in [7, 11) is 1.57. The van der Waals surface area contributed by atoms with Gasteiger partial charge in [-0.2, -0.15) is 5.10 Å². The van der Waals surface area contributed by atoms with Crippen molar-refractivity contribution in [2.24, 2.45) is 5.10 Å². The minimum Gasteiger partial charge on any atom is -0.769 e. The molecule has 0 heterocycles. The first-order valence-corrected chi connectivity index (χ1v) is 7.86. The molecule has 2 aromatic rings. The Morgan fingerprint density at radius 2 is 2.00 bits per heavy atom. The van der Waals surface area contributed by atoms with Crippen LogP contribution in [0.15, 0.2) is 39.9 Å². The van der Waals surface area contributed by atoms with Crippen molar-refractivity contribution >= 4 is 38.7 Å². The standard InChI is InChI=1S/C15H13BrN4O5/c1-25-14-5-3-10(16)9-7-12(15(9)14)18-17-11-4-2-8(19(21)22)6-13(11)20(23)24/h2-6,17,23-24H,7H2,1H3/q-2. The number of hydrogen-bond donors (Lipinski definition) is 3. The van der Waals surface area contributed by atoms with E-state index in [1.54, 1.807) is 7.11 Å². The second-order valence-corrected chi connectivity index (χ2v) is 6.05. The fourth-order valence-corrected chi connectivity index (χ4v) is 3.00. The molecule has 0 aromatic heterocycles. The number of ether oxygens (including phenoxy) is 1. The molecule has 1 aliphatic rings. The zero-order chi connectivity index (χ0) is 18.1. The summed E-state index contributed by atoms with van der Waals surface area (Å²) in [5.41, 5.74) is 5.08. The summed E-state index contributed by atoms with van der Waals surface area (Å²) in [4.78, 5) is 0. The fraction of sp³-hybridized carbons (Fsp3) is 0.133. The van der Waals surface area contributed by atoms with Crippen LogP contribution in [0.3, 0.4) is 0 Å². The smallest absolute Gasteiger partial charge is 0.128 e. The zero-order valence-corrected chi connectivity index (χ0v) is 14.5. The van der Waals surface area contributed by atoms with Crippen LogP contribution in [0.25, 0.3) is 0 Å². The Morgan fingerprint density at radius 1 is 1.24 bits per heavy atom. The Hall–Kier alpha value is -2.37. The van der Waals surface area contributed by atoms with E-state index in [0.717, 1.165) is 27.4 Å². The van der Waals surface area contributed by atoms with E-state index in [2.05, 4.69) is 26.5 Å². The van der Waals surface area contributed by atoms with E-state index in [0.29, 0.717) is 12.2 Å². The molecule has 10 heteroatoms. The van der Waals surface area contributed by atoms with Crippen molar-refractivity contribution in [3.05, 3.63) is 56.3 Å². The molecule has 25 heavy (non-hydrogen) atoms. The lowest BCUT2D eigenvalue weighted by atomic mass is 9.85. The van der Waals surface area contributed by atoms with Crippen LogP contribution in [-0.4, -0.2) is 23.2 Å². The van der Waals surface area contributed by atoms with E-state index >= 15 is 0 Å². The number of hydrazone groups is 1. The minimum atomic E-state index is -0.632. The molecule has 2 aromatic carbocycles. The maximum atomic E-state index is 10.8. The van der Waals surface area contributed by atoms with Crippen molar-refractivity contribution in [1.82, 2.24) is 0 Å². The number of hydrogen-bond acceptors (Lipinski definition) is 9. The first-order chi connectivity index (χ1) is 11.9. The average molecular weight is 409 g/mol. The van der Waals surface area contributed by atoms with Gasteiger partial charge in [0.1, 0.15) is 11.4 Å². The molecule has 0 atom stereocenters. The summed E-state index contributed by atoms with van der Waals surface area (Å²) in [6.07, 6.45) is 0.602. The summed E-state index contributed by atoms with van der Waals surface area (Å²) in [6.45, 7) is 0. The second-order valence-electron chi connectivity index (χ2n) is 5.20. The Bertz CT molecular complexity index is 841. The summed E-state index contributed by atoms with van der Waals surface area (Å²) < 4.78 is 6.28. The highest BCUT2D eigenvalue weighted by Gasteiger charge is 2.28. The van der Waals surface area contributed by atoms with Crippen LogP contribution >= 0.6 is 15.9 Å². The molecule has 0 spiro atoms. The molecule has 9 nitrogen and oxygen atoms in total. The van der Waals surface area contributed by atoms with E-state index in [1.165, 1.54) is 12.1 Å². The largest absolute Gasteiger partial charge is 0.769 e. The molecule has 0 amide bonds. The van der Waals surface area contributed by atoms with Gasteiger partial charge < -0.3 is 20.4 Å². The van der Waals surface area contributed by atoms with Gasteiger partial charge in [-0.25, -0.2) is 0 Å². The summed E-state index contributed by atoms with van der Waals surface area (Å²) in [5.74, 6) is 0.680. The molecule has 0 aliphatic heterocycles. The first kappa shape index (κ1) is 17.5. The maximum Gasteiger partial charge on any atom is 0.128 e. The van der Waals surface area contributed by atoms with Gasteiger partial charge in [-0.1, -0.05) is 15.9 Å². The topological polar surface area (TPSA) is 127 Å². The number of methoxy groups -OCH3 is 1. The number of benzene rings is 2. The summed E-state index contributed by atoms with van der Waals surface area (Å²) in [5, 5.41) is 43.6. The van der Waals surface area contributed by atoms with Crippen molar-refractivity contribution < 1.29 is 15.2 Å². The molecule has 0 radical (unpaired) electrons. The average Bonchev–Trinajstić information content (AvgIpc) is 2.56. The van der Waals surface area contributed by atoms with Gasteiger partial charge in [0.05, 0.1) is 18.5 Å². The van der Waals surface area contributed by atoms with Gasteiger partial charge in [0.15, 0.2) is 0 Å². The monoisotopic (exact) mass is 408 g/mol.